The molecule has 5 rings (SSSR count). The van der Waals surface area contributed by atoms with Crippen molar-refractivity contribution in [1.82, 2.24) is 14.9 Å². The van der Waals surface area contributed by atoms with Gasteiger partial charge in [0.25, 0.3) is 0 Å². The number of aromatic nitrogens is 2. The van der Waals surface area contributed by atoms with E-state index < -0.39 is 0 Å². The molecule has 28 heavy (non-hydrogen) atoms. The monoisotopic (exact) mass is 380 g/mol. The van der Waals surface area contributed by atoms with Crippen molar-refractivity contribution < 1.29 is 10.2 Å². The lowest BCUT2D eigenvalue weighted by molar-refractivity contribution is 0.166. The molecular formula is C22H28N4O2. The number of anilines is 1. The number of nitrogens with zero attached hydrogens (tertiary/aromatic N) is 4. The van der Waals surface area contributed by atoms with Crippen LogP contribution in [0.1, 0.15) is 48.5 Å². The Bertz CT molecular complexity index is 858. The Labute approximate surface area is 165 Å². The lowest BCUT2D eigenvalue weighted by Crippen LogP contribution is -2.40. The van der Waals surface area contributed by atoms with Gasteiger partial charge in [0.15, 0.2) is 0 Å². The Balaban J connectivity index is 1.37. The van der Waals surface area contributed by atoms with Crippen molar-refractivity contribution in [2.24, 2.45) is 5.92 Å². The van der Waals surface area contributed by atoms with Crippen LogP contribution in [-0.4, -0.2) is 50.8 Å². The van der Waals surface area contributed by atoms with Crippen LogP contribution < -0.4 is 4.90 Å². The fraction of sp³-hybridized carbons (Fsp3) is 0.545. The molecule has 6 nitrogen and oxygen atoms in total. The minimum atomic E-state index is 0.246. The Morgan fingerprint density at radius 3 is 2.96 bits per heavy atom. The molecule has 3 aliphatic rings. The Kier molecular flexibility index (Phi) is 4.69. The molecule has 0 spiro atoms. The van der Waals surface area contributed by atoms with Crippen molar-refractivity contribution in [2.45, 2.75) is 50.7 Å². The topological polar surface area (TPSA) is 72.7 Å². The van der Waals surface area contributed by atoms with Crippen molar-refractivity contribution in [2.75, 3.05) is 24.6 Å². The van der Waals surface area contributed by atoms with Gasteiger partial charge < -0.3 is 15.1 Å². The Morgan fingerprint density at radius 1 is 1.18 bits per heavy atom. The van der Waals surface area contributed by atoms with Gasteiger partial charge in [-0.15, -0.1) is 0 Å². The third-order valence-corrected chi connectivity index (χ3v) is 6.65. The molecule has 0 unspecified atom stereocenters. The van der Waals surface area contributed by atoms with Crippen molar-refractivity contribution in [1.29, 1.82) is 0 Å². The standard InChI is InChI=1S/C22H28N4O2/c27-14-16-4-2-8-25(12-16)22-23-11-19-20(24-22)10-17-6-7-21(19)26(17)13-15-3-1-5-18(28)9-15/h1,3,5,9,11,16-17,21,27-28H,2,4,6-8,10,12-14H2/t16-,17+,21+/m0/s1. The van der Waals surface area contributed by atoms with Gasteiger partial charge >= 0.3 is 0 Å². The highest BCUT2D eigenvalue weighted by Gasteiger charge is 2.41. The van der Waals surface area contributed by atoms with E-state index in [-0.39, 0.29) is 6.61 Å². The second-order valence-electron chi connectivity index (χ2n) is 8.50. The zero-order valence-electron chi connectivity index (χ0n) is 16.2. The fourth-order valence-corrected chi connectivity index (χ4v) is 5.22. The van der Waals surface area contributed by atoms with Crippen LogP contribution in [0.25, 0.3) is 0 Å². The van der Waals surface area contributed by atoms with E-state index in [1.54, 1.807) is 6.07 Å². The number of piperidine rings is 1. The summed E-state index contributed by atoms with van der Waals surface area (Å²) in [6, 6.07) is 8.47. The van der Waals surface area contributed by atoms with Gasteiger partial charge in [0.2, 0.25) is 5.95 Å². The molecule has 0 radical (unpaired) electrons. The van der Waals surface area contributed by atoms with Crippen LogP contribution in [0.5, 0.6) is 5.75 Å². The highest BCUT2D eigenvalue weighted by molar-refractivity contribution is 5.38. The Morgan fingerprint density at radius 2 is 2.11 bits per heavy atom. The van der Waals surface area contributed by atoms with Crippen molar-refractivity contribution in [3.8, 4) is 5.75 Å². The van der Waals surface area contributed by atoms with Gasteiger partial charge in [-0.25, -0.2) is 9.97 Å². The van der Waals surface area contributed by atoms with Crippen molar-refractivity contribution in [3.05, 3.63) is 47.3 Å². The van der Waals surface area contributed by atoms with Gasteiger partial charge in [0.1, 0.15) is 5.75 Å². The average Bonchev–Trinajstić information content (AvgIpc) is 2.99. The number of aromatic hydroxyl groups is 1. The molecular weight excluding hydrogens is 352 g/mol. The van der Waals surface area contributed by atoms with Gasteiger partial charge in [-0.2, -0.15) is 0 Å². The quantitative estimate of drug-likeness (QED) is 0.850. The zero-order chi connectivity index (χ0) is 19.1. The minimum absolute atomic E-state index is 0.246. The summed E-state index contributed by atoms with van der Waals surface area (Å²) in [6.07, 6.45) is 7.53. The molecule has 2 aromatic rings. The third-order valence-electron chi connectivity index (χ3n) is 6.65. The molecule has 3 aliphatic heterocycles. The zero-order valence-corrected chi connectivity index (χ0v) is 16.2. The lowest BCUT2D eigenvalue weighted by Gasteiger charge is -2.37. The minimum Gasteiger partial charge on any atom is -0.508 e. The smallest absolute Gasteiger partial charge is 0.225 e. The van der Waals surface area contributed by atoms with Crippen LogP contribution in [0, 0.1) is 5.92 Å². The maximum absolute atomic E-state index is 9.78. The van der Waals surface area contributed by atoms with Crippen LogP contribution >= 0.6 is 0 Å². The molecule has 2 fully saturated rings. The van der Waals surface area contributed by atoms with Crippen LogP contribution in [0.15, 0.2) is 30.5 Å². The number of hydrogen-bond donors (Lipinski definition) is 2. The molecule has 1 aromatic carbocycles. The summed E-state index contributed by atoms with van der Waals surface area (Å²) < 4.78 is 0. The van der Waals surface area contributed by atoms with Crippen LogP contribution in [0.2, 0.25) is 0 Å². The predicted octanol–water partition coefficient (Wildman–Crippen LogP) is 2.65. The highest BCUT2D eigenvalue weighted by Crippen LogP contribution is 2.44. The van der Waals surface area contributed by atoms with Gasteiger partial charge in [-0.1, -0.05) is 12.1 Å². The molecule has 148 valence electrons. The molecule has 1 aromatic heterocycles. The maximum atomic E-state index is 9.78. The van der Waals surface area contributed by atoms with E-state index in [2.05, 4.69) is 15.9 Å². The number of phenolic OH excluding ortho intramolecular Hbond substituents is 1. The molecule has 2 bridgehead atoms. The summed E-state index contributed by atoms with van der Waals surface area (Å²) in [5.74, 6) is 1.50. The van der Waals surface area contributed by atoms with E-state index >= 15 is 0 Å². The van der Waals surface area contributed by atoms with Gasteiger partial charge in [0, 0.05) is 56.5 Å². The summed E-state index contributed by atoms with van der Waals surface area (Å²) >= 11 is 0. The molecule has 0 amide bonds. The van der Waals surface area contributed by atoms with E-state index in [0.29, 0.717) is 23.8 Å². The lowest BCUT2D eigenvalue weighted by atomic mass is 9.98. The van der Waals surface area contributed by atoms with Gasteiger partial charge in [0.05, 0.1) is 5.69 Å². The molecule has 0 aliphatic carbocycles. The first-order valence-corrected chi connectivity index (χ1v) is 10.5. The molecule has 4 heterocycles. The summed E-state index contributed by atoms with van der Waals surface area (Å²) in [6.45, 7) is 2.93. The highest BCUT2D eigenvalue weighted by atomic mass is 16.3. The maximum Gasteiger partial charge on any atom is 0.225 e. The van der Waals surface area contributed by atoms with E-state index in [9.17, 15) is 10.2 Å². The van der Waals surface area contributed by atoms with Crippen molar-refractivity contribution in [3.63, 3.8) is 0 Å². The first kappa shape index (κ1) is 17.9. The molecule has 0 saturated carbocycles. The second-order valence-corrected chi connectivity index (χ2v) is 8.50. The summed E-state index contributed by atoms with van der Waals surface area (Å²) in [4.78, 5) is 14.5. The SMILES string of the molecule is OC[C@H]1CCCN(c2ncc3c(n2)C[C@H]2CC[C@H]3N2Cc2cccc(O)c2)C1. The fourth-order valence-electron chi connectivity index (χ4n) is 5.22. The number of rotatable bonds is 4. The molecule has 6 heteroatoms. The number of hydrogen-bond acceptors (Lipinski definition) is 6. The van der Waals surface area contributed by atoms with E-state index in [1.807, 2.05) is 18.3 Å². The summed E-state index contributed by atoms with van der Waals surface area (Å²) in [5, 5.41) is 19.3. The largest absolute Gasteiger partial charge is 0.508 e. The summed E-state index contributed by atoms with van der Waals surface area (Å²) in [5.41, 5.74) is 3.63. The average molecular weight is 380 g/mol. The number of phenols is 1. The van der Waals surface area contributed by atoms with E-state index in [1.165, 1.54) is 17.7 Å². The first-order chi connectivity index (χ1) is 13.7. The second kappa shape index (κ2) is 7.33. The van der Waals surface area contributed by atoms with Crippen LogP contribution in [0.3, 0.4) is 0 Å². The number of fused-ring (bicyclic) bond motifs is 4. The third kappa shape index (κ3) is 3.25. The van der Waals surface area contributed by atoms with Crippen LogP contribution in [-0.2, 0) is 13.0 Å². The Hall–Kier alpha value is -2.18. The van der Waals surface area contributed by atoms with E-state index in [0.717, 1.165) is 56.8 Å². The van der Waals surface area contributed by atoms with Gasteiger partial charge in [-0.3, -0.25) is 4.90 Å². The normalized spacial score (nSPS) is 27.0. The number of aliphatic hydroxyl groups excluding tert-OH is 1. The number of benzene rings is 1. The molecule has 2 saturated heterocycles. The molecule has 3 atom stereocenters. The predicted molar refractivity (Wildman–Crippen MR) is 107 cm³/mol. The first-order valence-electron chi connectivity index (χ1n) is 10.5. The van der Waals surface area contributed by atoms with E-state index in [4.69, 9.17) is 9.97 Å². The van der Waals surface area contributed by atoms with Crippen LogP contribution in [0.4, 0.5) is 5.95 Å². The molecule has 2 N–H and O–H groups in total. The van der Waals surface area contributed by atoms with Crippen molar-refractivity contribution >= 4 is 5.95 Å². The van der Waals surface area contributed by atoms with Gasteiger partial charge in [-0.05, 0) is 49.3 Å². The summed E-state index contributed by atoms with van der Waals surface area (Å²) in [7, 11) is 0. The number of aliphatic hydroxyl groups is 1.